The monoisotopic (exact) mass is 528 g/mol. The first-order valence-electron chi connectivity index (χ1n) is 13.6. The summed E-state index contributed by atoms with van der Waals surface area (Å²) in [6.45, 7) is 11.4. The molecule has 1 amide bonds. The fourth-order valence-corrected chi connectivity index (χ4v) is 6.44. The van der Waals surface area contributed by atoms with Crippen LogP contribution in [0.4, 0.5) is 0 Å². The fraction of sp³-hybridized carbons (Fsp3) is 0.600. The van der Waals surface area contributed by atoms with E-state index in [-0.39, 0.29) is 31.4 Å². The molecule has 1 aliphatic carbocycles. The van der Waals surface area contributed by atoms with Gasteiger partial charge in [-0.25, -0.2) is 0 Å². The molecule has 6 nitrogen and oxygen atoms in total. The van der Waals surface area contributed by atoms with Crippen molar-refractivity contribution in [3.63, 3.8) is 0 Å². The molecule has 1 aromatic heterocycles. The van der Waals surface area contributed by atoms with E-state index in [9.17, 15) is 14.7 Å². The number of carbonyl (C=O) groups is 2. The zero-order chi connectivity index (χ0) is 27.2. The quantitative estimate of drug-likeness (QED) is 0.331. The van der Waals surface area contributed by atoms with Gasteiger partial charge in [-0.2, -0.15) is 0 Å². The van der Waals surface area contributed by atoms with Gasteiger partial charge < -0.3 is 20.5 Å². The number of amides is 1. The zero-order valence-corrected chi connectivity index (χ0v) is 24.2. The van der Waals surface area contributed by atoms with Gasteiger partial charge in [0.15, 0.2) is 5.78 Å². The van der Waals surface area contributed by atoms with Crippen LogP contribution < -0.4 is 15.4 Å². The molecule has 7 heteroatoms. The number of rotatable bonds is 13. The molecular weight excluding hydrogens is 484 g/mol. The zero-order valence-electron chi connectivity index (χ0n) is 23.4. The van der Waals surface area contributed by atoms with Crippen LogP contribution in [0, 0.1) is 12.3 Å². The maximum absolute atomic E-state index is 13.3. The molecule has 0 radical (unpaired) electrons. The third kappa shape index (κ3) is 7.65. The standard InChI is InChI=1S/C30H44N2O4S/c1-7-21-14-20(13-19(3)28(21)36-18-22(33)16-32-27(35)17-31-6)9-10-25(34)29-23-11-12-30(4,5)15-24(23)26(8-2)37-29/h13-14,22,31,33H,7-12,15-18H2,1-6H3,(H,32,35). The number of nitrogens with one attached hydrogen (secondary N) is 2. The summed E-state index contributed by atoms with van der Waals surface area (Å²) in [5, 5.41) is 15.7. The Morgan fingerprint density at radius 2 is 1.95 bits per heavy atom. The third-order valence-corrected chi connectivity index (χ3v) is 8.67. The normalized spacial score (nSPS) is 15.2. The second-order valence-electron chi connectivity index (χ2n) is 11.0. The number of hydrogen-bond donors (Lipinski definition) is 3. The minimum absolute atomic E-state index is 0.103. The fourth-order valence-electron chi connectivity index (χ4n) is 5.17. The molecule has 3 N–H and O–H groups in total. The van der Waals surface area contributed by atoms with E-state index < -0.39 is 6.10 Å². The van der Waals surface area contributed by atoms with Crippen LogP contribution >= 0.6 is 11.3 Å². The summed E-state index contributed by atoms with van der Waals surface area (Å²) < 4.78 is 5.97. The number of ketones is 1. The Morgan fingerprint density at radius 1 is 1.19 bits per heavy atom. The lowest BCUT2D eigenvalue weighted by molar-refractivity contribution is -0.120. The van der Waals surface area contributed by atoms with Gasteiger partial charge in [-0.3, -0.25) is 9.59 Å². The maximum Gasteiger partial charge on any atom is 0.234 e. The van der Waals surface area contributed by atoms with Crippen molar-refractivity contribution in [1.82, 2.24) is 10.6 Å². The lowest BCUT2D eigenvalue weighted by Crippen LogP contribution is -2.39. The Bertz CT molecular complexity index is 1110. The summed E-state index contributed by atoms with van der Waals surface area (Å²) in [5.74, 6) is 0.879. The predicted octanol–water partition coefficient (Wildman–Crippen LogP) is 4.59. The Hall–Kier alpha value is -2.22. The van der Waals surface area contributed by atoms with Crippen LogP contribution in [-0.2, 0) is 36.9 Å². The first kappa shape index (κ1) is 29.3. The van der Waals surface area contributed by atoms with E-state index in [1.807, 2.05) is 6.92 Å². The summed E-state index contributed by atoms with van der Waals surface area (Å²) in [6, 6.07) is 4.22. The van der Waals surface area contributed by atoms with Gasteiger partial charge in [0.05, 0.1) is 11.4 Å². The van der Waals surface area contributed by atoms with Crippen LogP contribution in [0.2, 0.25) is 0 Å². The Kier molecular flexibility index (Phi) is 10.3. The molecule has 0 saturated carbocycles. The van der Waals surface area contributed by atoms with Gasteiger partial charge in [-0.15, -0.1) is 11.3 Å². The molecule has 1 aliphatic rings. The molecule has 0 fully saturated rings. The molecule has 37 heavy (non-hydrogen) atoms. The largest absolute Gasteiger partial charge is 0.490 e. The van der Waals surface area contributed by atoms with Gasteiger partial charge >= 0.3 is 0 Å². The number of likely N-dealkylation sites (N-methyl/N-ethyl adjacent to an activating group) is 1. The number of aliphatic hydroxyl groups is 1. The van der Waals surface area contributed by atoms with Gasteiger partial charge in [0.25, 0.3) is 0 Å². The average Bonchev–Trinajstić information content (AvgIpc) is 3.21. The number of benzene rings is 1. The highest BCUT2D eigenvalue weighted by Gasteiger charge is 2.31. The molecule has 3 rings (SSSR count). The second-order valence-corrected chi connectivity index (χ2v) is 12.1. The molecule has 0 bridgehead atoms. The number of thiophene rings is 1. The number of fused-ring (bicyclic) bond motifs is 1. The second kappa shape index (κ2) is 13.0. The average molecular weight is 529 g/mol. The van der Waals surface area contributed by atoms with Crippen LogP contribution in [0.1, 0.15) is 82.9 Å². The lowest BCUT2D eigenvalue weighted by atomic mass is 9.74. The van der Waals surface area contributed by atoms with Crippen molar-refractivity contribution in [2.45, 2.75) is 85.7 Å². The Labute approximate surface area is 226 Å². The van der Waals surface area contributed by atoms with E-state index in [1.54, 1.807) is 18.4 Å². The summed E-state index contributed by atoms with van der Waals surface area (Å²) in [7, 11) is 1.70. The number of hydrogen-bond acceptors (Lipinski definition) is 6. The molecule has 1 aromatic carbocycles. The maximum atomic E-state index is 13.3. The van der Waals surface area contributed by atoms with E-state index in [1.165, 1.54) is 16.0 Å². The molecule has 2 aromatic rings. The van der Waals surface area contributed by atoms with Gasteiger partial charge in [-0.1, -0.05) is 39.8 Å². The molecule has 0 spiro atoms. The van der Waals surface area contributed by atoms with E-state index in [2.05, 4.69) is 50.5 Å². The molecule has 1 heterocycles. The minimum Gasteiger partial charge on any atom is -0.490 e. The van der Waals surface area contributed by atoms with Gasteiger partial charge in [0.2, 0.25) is 5.91 Å². The van der Waals surface area contributed by atoms with E-state index in [4.69, 9.17) is 4.74 Å². The molecule has 1 unspecified atom stereocenters. The van der Waals surface area contributed by atoms with Crippen molar-refractivity contribution < 1.29 is 19.4 Å². The summed E-state index contributed by atoms with van der Waals surface area (Å²) in [5.41, 5.74) is 6.28. The van der Waals surface area contributed by atoms with Crippen LogP contribution in [0.25, 0.3) is 0 Å². The van der Waals surface area contributed by atoms with Crippen molar-refractivity contribution in [2.75, 3.05) is 26.7 Å². The number of carbonyl (C=O) groups excluding carboxylic acids is 2. The number of Topliss-reactive ketones (excluding diaryl/α,β-unsaturated/α-hetero) is 1. The van der Waals surface area contributed by atoms with E-state index in [0.717, 1.165) is 59.4 Å². The van der Waals surface area contributed by atoms with Gasteiger partial charge in [0, 0.05) is 17.8 Å². The van der Waals surface area contributed by atoms with Crippen molar-refractivity contribution >= 4 is 23.0 Å². The molecule has 0 saturated heterocycles. The lowest BCUT2D eigenvalue weighted by Gasteiger charge is -2.30. The number of aryl methyl sites for hydroxylation is 4. The van der Waals surface area contributed by atoms with Gasteiger partial charge in [0.1, 0.15) is 18.5 Å². The van der Waals surface area contributed by atoms with Crippen LogP contribution in [0.15, 0.2) is 12.1 Å². The third-order valence-electron chi connectivity index (χ3n) is 7.21. The molecule has 1 atom stereocenters. The van der Waals surface area contributed by atoms with E-state index in [0.29, 0.717) is 18.3 Å². The van der Waals surface area contributed by atoms with E-state index >= 15 is 0 Å². The van der Waals surface area contributed by atoms with Crippen molar-refractivity contribution in [1.29, 1.82) is 0 Å². The molecule has 204 valence electrons. The van der Waals surface area contributed by atoms with Crippen molar-refractivity contribution in [3.05, 3.63) is 49.7 Å². The van der Waals surface area contributed by atoms with Crippen LogP contribution in [0.3, 0.4) is 0 Å². The Morgan fingerprint density at radius 3 is 2.62 bits per heavy atom. The van der Waals surface area contributed by atoms with Crippen molar-refractivity contribution in [2.24, 2.45) is 5.41 Å². The first-order valence-corrected chi connectivity index (χ1v) is 14.4. The van der Waals surface area contributed by atoms with Crippen LogP contribution in [0.5, 0.6) is 5.75 Å². The van der Waals surface area contributed by atoms with Crippen LogP contribution in [-0.4, -0.2) is 49.6 Å². The highest BCUT2D eigenvalue weighted by atomic mass is 32.1. The smallest absolute Gasteiger partial charge is 0.234 e. The Balaban J connectivity index is 1.64. The summed E-state index contributed by atoms with van der Waals surface area (Å²) in [4.78, 5) is 27.3. The first-order chi connectivity index (χ1) is 17.6. The summed E-state index contributed by atoms with van der Waals surface area (Å²) >= 11 is 1.73. The van der Waals surface area contributed by atoms with Crippen molar-refractivity contribution in [3.8, 4) is 5.75 Å². The minimum atomic E-state index is -0.794. The summed E-state index contributed by atoms with van der Waals surface area (Å²) in [6.07, 6.45) is 5.42. The van der Waals surface area contributed by atoms with Gasteiger partial charge in [-0.05, 0) is 85.7 Å². The number of ether oxygens (including phenoxy) is 1. The highest BCUT2D eigenvalue weighted by Crippen LogP contribution is 2.42. The highest BCUT2D eigenvalue weighted by molar-refractivity contribution is 7.14. The topological polar surface area (TPSA) is 87.7 Å². The molecular formula is C30H44N2O4S. The number of aliphatic hydroxyl groups excluding tert-OH is 1. The molecule has 0 aliphatic heterocycles. The SMILES string of the molecule is CCc1cc(CCC(=O)c2sc(CC)c3c2CCC(C)(C)C3)cc(C)c1OCC(O)CNC(=O)CNC. The predicted molar refractivity (Wildman–Crippen MR) is 151 cm³/mol.